The SMILES string of the molecule is NCc1coc(Oc2cccc(F)c2)n1. The van der Waals surface area contributed by atoms with E-state index in [0.717, 1.165) is 0 Å². The van der Waals surface area contributed by atoms with Crippen molar-refractivity contribution in [2.75, 3.05) is 0 Å². The number of rotatable bonds is 3. The van der Waals surface area contributed by atoms with E-state index in [0.29, 0.717) is 11.4 Å². The number of ether oxygens (including phenoxy) is 1. The molecule has 2 aromatic rings. The first-order valence-electron chi connectivity index (χ1n) is 4.36. The van der Waals surface area contributed by atoms with Crippen molar-refractivity contribution in [3.8, 4) is 11.8 Å². The van der Waals surface area contributed by atoms with Gasteiger partial charge in [0.1, 0.15) is 17.8 Å². The van der Waals surface area contributed by atoms with Crippen molar-refractivity contribution in [3.05, 3.63) is 42.0 Å². The molecule has 0 atom stereocenters. The van der Waals surface area contributed by atoms with E-state index in [2.05, 4.69) is 4.98 Å². The molecule has 0 saturated carbocycles. The molecular formula is C10H9FN2O2. The van der Waals surface area contributed by atoms with Gasteiger partial charge in [-0.2, -0.15) is 4.98 Å². The van der Waals surface area contributed by atoms with Gasteiger partial charge in [-0.05, 0) is 12.1 Å². The van der Waals surface area contributed by atoms with Crippen LogP contribution in [0.3, 0.4) is 0 Å². The van der Waals surface area contributed by atoms with E-state index in [4.69, 9.17) is 14.9 Å². The second-order valence-electron chi connectivity index (χ2n) is 2.87. The largest absolute Gasteiger partial charge is 0.417 e. The van der Waals surface area contributed by atoms with Gasteiger partial charge in [0.2, 0.25) is 0 Å². The fourth-order valence-corrected chi connectivity index (χ4v) is 1.06. The van der Waals surface area contributed by atoms with Crippen LogP contribution in [-0.2, 0) is 6.54 Å². The lowest BCUT2D eigenvalue weighted by atomic mass is 10.3. The Kier molecular flexibility index (Phi) is 2.64. The third-order valence-corrected chi connectivity index (χ3v) is 1.74. The highest BCUT2D eigenvalue weighted by Gasteiger charge is 2.05. The summed E-state index contributed by atoms with van der Waals surface area (Å²) in [6, 6.07) is 5.72. The molecule has 1 heterocycles. The van der Waals surface area contributed by atoms with Gasteiger partial charge < -0.3 is 14.9 Å². The van der Waals surface area contributed by atoms with Crippen molar-refractivity contribution >= 4 is 0 Å². The van der Waals surface area contributed by atoms with Crippen LogP contribution in [0.25, 0.3) is 0 Å². The van der Waals surface area contributed by atoms with Gasteiger partial charge in [0.15, 0.2) is 0 Å². The fourth-order valence-electron chi connectivity index (χ4n) is 1.06. The number of hydrogen-bond donors (Lipinski definition) is 1. The van der Waals surface area contributed by atoms with E-state index >= 15 is 0 Å². The fraction of sp³-hybridized carbons (Fsp3) is 0.100. The van der Waals surface area contributed by atoms with Gasteiger partial charge in [0.05, 0.1) is 5.69 Å². The second-order valence-corrected chi connectivity index (χ2v) is 2.87. The average Bonchev–Trinajstić information content (AvgIpc) is 2.65. The molecule has 0 unspecified atom stereocenters. The Morgan fingerprint density at radius 2 is 2.33 bits per heavy atom. The molecule has 15 heavy (non-hydrogen) atoms. The molecule has 0 saturated heterocycles. The van der Waals surface area contributed by atoms with Crippen LogP contribution in [0.5, 0.6) is 11.8 Å². The van der Waals surface area contributed by atoms with Crippen LogP contribution in [0.15, 0.2) is 34.9 Å². The molecule has 5 heteroatoms. The number of nitrogens with zero attached hydrogens (tertiary/aromatic N) is 1. The molecule has 0 bridgehead atoms. The number of oxazole rings is 1. The van der Waals surface area contributed by atoms with Crippen molar-refractivity contribution in [2.24, 2.45) is 5.73 Å². The topological polar surface area (TPSA) is 61.3 Å². The number of benzene rings is 1. The van der Waals surface area contributed by atoms with Crippen LogP contribution in [0.4, 0.5) is 4.39 Å². The standard InChI is InChI=1S/C10H9FN2O2/c11-7-2-1-3-9(4-7)15-10-13-8(5-12)6-14-10/h1-4,6H,5,12H2. The Balaban J connectivity index is 2.14. The zero-order chi connectivity index (χ0) is 10.7. The maximum Gasteiger partial charge on any atom is 0.399 e. The predicted molar refractivity (Wildman–Crippen MR) is 50.9 cm³/mol. The Bertz CT molecular complexity index is 456. The maximum absolute atomic E-state index is 12.8. The zero-order valence-corrected chi connectivity index (χ0v) is 7.81. The summed E-state index contributed by atoms with van der Waals surface area (Å²) >= 11 is 0. The molecule has 0 fully saturated rings. The van der Waals surface area contributed by atoms with Crippen LogP contribution in [0, 0.1) is 5.82 Å². The van der Waals surface area contributed by atoms with E-state index in [1.165, 1.54) is 24.5 Å². The highest BCUT2D eigenvalue weighted by Crippen LogP contribution is 2.20. The minimum Gasteiger partial charge on any atom is -0.417 e. The number of halogens is 1. The predicted octanol–water partition coefficient (Wildman–Crippen LogP) is 2.06. The summed E-state index contributed by atoms with van der Waals surface area (Å²) in [6.45, 7) is 0.274. The minimum absolute atomic E-state index is 0.0565. The van der Waals surface area contributed by atoms with Crippen molar-refractivity contribution < 1.29 is 13.5 Å². The van der Waals surface area contributed by atoms with Crippen molar-refractivity contribution in [3.63, 3.8) is 0 Å². The first kappa shape index (κ1) is 9.67. The summed E-state index contributed by atoms with van der Waals surface area (Å²) in [7, 11) is 0. The molecule has 0 aliphatic heterocycles. The molecular weight excluding hydrogens is 199 g/mol. The monoisotopic (exact) mass is 208 g/mol. The van der Waals surface area contributed by atoms with E-state index in [-0.39, 0.29) is 18.4 Å². The Hall–Kier alpha value is -1.88. The summed E-state index contributed by atoms with van der Waals surface area (Å²) in [6.07, 6.45) is 1.45. The van der Waals surface area contributed by atoms with Crippen LogP contribution in [0.1, 0.15) is 5.69 Å². The second kappa shape index (κ2) is 4.10. The quantitative estimate of drug-likeness (QED) is 0.838. The highest BCUT2D eigenvalue weighted by molar-refractivity contribution is 5.24. The number of aromatic nitrogens is 1. The zero-order valence-electron chi connectivity index (χ0n) is 7.81. The molecule has 0 radical (unpaired) electrons. The maximum atomic E-state index is 12.8. The third kappa shape index (κ3) is 2.32. The lowest BCUT2D eigenvalue weighted by Gasteiger charge is -1.99. The molecule has 1 aromatic heterocycles. The lowest BCUT2D eigenvalue weighted by molar-refractivity contribution is 0.329. The summed E-state index contributed by atoms with van der Waals surface area (Å²) in [4.78, 5) is 3.92. The molecule has 78 valence electrons. The Labute approximate surface area is 85.5 Å². The number of nitrogens with two attached hydrogens (primary N) is 1. The average molecular weight is 208 g/mol. The van der Waals surface area contributed by atoms with E-state index < -0.39 is 0 Å². The summed E-state index contributed by atoms with van der Waals surface area (Å²) < 4.78 is 22.9. The molecule has 0 spiro atoms. The highest BCUT2D eigenvalue weighted by atomic mass is 19.1. The Morgan fingerprint density at radius 1 is 1.47 bits per heavy atom. The molecule has 0 aliphatic carbocycles. The number of hydrogen-bond acceptors (Lipinski definition) is 4. The van der Waals surface area contributed by atoms with E-state index in [1.807, 2.05) is 0 Å². The van der Waals surface area contributed by atoms with E-state index in [1.54, 1.807) is 6.07 Å². The van der Waals surface area contributed by atoms with Gasteiger partial charge in [-0.15, -0.1) is 0 Å². The summed E-state index contributed by atoms with van der Waals surface area (Å²) in [5, 5.41) is 0. The van der Waals surface area contributed by atoms with Crippen molar-refractivity contribution in [1.29, 1.82) is 0 Å². The molecule has 4 nitrogen and oxygen atoms in total. The molecule has 2 rings (SSSR count). The Morgan fingerprint density at radius 3 is 3.00 bits per heavy atom. The van der Waals surface area contributed by atoms with Crippen molar-refractivity contribution in [1.82, 2.24) is 4.98 Å². The first-order valence-corrected chi connectivity index (χ1v) is 4.36. The van der Waals surface area contributed by atoms with Crippen LogP contribution in [0.2, 0.25) is 0 Å². The van der Waals surface area contributed by atoms with Crippen LogP contribution < -0.4 is 10.5 Å². The van der Waals surface area contributed by atoms with Crippen molar-refractivity contribution in [2.45, 2.75) is 6.54 Å². The van der Waals surface area contributed by atoms with Gasteiger partial charge in [-0.1, -0.05) is 6.07 Å². The minimum atomic E-state index is -0.377. The molecule has 2 N–H and O–H groups in total. The van der Waals surface area contributed by atoms with Gasteiger partial charge in [-0.3, -0.25) is 0 Å². The van der Waals surface area contributed by atoms with Crippen LogP contribution in [-0.4, -0.2) is 4.98 Å². The van der Waals surface area contributed by atoms with Gasteiger partial charge in [0, 0.05) is 12.6 Å². The summed E-state index contributed by atoms with van der Waals surface area (Å²) in [5.74, 6) is -0.0430. The summed E-state index contributed by atoms with van der Waals surface area (Å²) in [5.41, 5.74) is 5.93. The van der Waals surface area contributed by atoms with Gasteiger partial charge in [0.25, 0.3) is 0 Å². The lowest BCUT2D eigenvalue weighted by Crippen LogP contribution is -1.95. The van der Waals surface area contributed by atoms with Gasteiger partial charge in [-0.25, -0.2) is 4.39 Å². The van der Waals surface area contributed by atoms with E-state index in [9.17, 15) is 4.39 Å². The smallest absolute Gasteiger partial charge is 0.399 e. The van der Waals surface area contributed by atoms with Gasteiger partial charge >= 0.3 is 6.08 Å². The normalized spacial score (nSPS) is 10.3. The molecule has 0 aliphatic rings. The third-order valence-electron chi connectivity index (χ3n) is 1.74. The first-order chi connectivity index (χ1) is 7.28. The molecule has 1 aromatic carbocycles. The van der Waals surface area contributed by atoms with Crippen LogP contribution >= 0.6 is 0 Å². The molecule has 0 amide bonds.